The molecule has 0 saturated heterocycles. The number of nitrogens with one attached hydrogen (secondary N) is 1. The Kier molecular flexibility index (Phi) is 1.36. The molecule has 0 bridgehead atoms. The summed E-state index contributed by atoms with van der Waals surface area (Å²) in [5.74, 6) is 0. The SMILES string of the molecule is Cc1n[nH]c(=O)c2nnccc12. The number of hydrogen-bond donors (Lipinski definition) is 1. The van der Waals surface area contributed by atoms with E-state index in [1.54, 1.807) is 13.0 Å². The largest absolute Gasteiger partial charge is 0.292 e. The molecule has 2 rings (SSSR count). The first-order valence-corrected chi connectivity index (χ1v) is 3.46. The monoisotopic (exact) mass is 162 g/mol. The van der Waals surface area contributed by atoms with Crippen LogP contribution in [-0.4, -0.2) is 20.4 Å². The number of aromatic amines is 1. The number of aryl methyl sites for hydroxylation is 1. The van der Waals surface area contributed by atoms with E-state index in [4.69, 9.17) is 0 Å². The number of fused-ring (bicyclic) bond motifs is 1. The lowest BCUT2D eigenvalue weighted by Gasteiger charge is -1.95. The van der Waals surface area contributed by atoms with Gasteiger partial charge in [-0.05, 0) is 13.0 Å². The third-order valence-corrected chi connectivity index (χ3v) is 1.65. The fraction of sp³-hybridized carbons (Fsp3) is 0.143. The summed E-state index contributed by atoms with van der Waals surface area (Å²) >= 11 is 0. The van der Waals surface area contributed by atoms with E-state index >= 15 is 0 Å². The van der Waals surface area contributed by atoms with E-state index in [2.05, 4.69) is 20.4 Å². The van der Waals surface area contributed by atoms with Gasteiger partial charge < -0.3 is 0 Å². The highest BCUT2D eigenvalue weighted by molar-refractivity contribution is 5.78. The van der Waals surface area contributed by atoms with Crippen molar-refractivity contribution in [1.29, 1.82) is 0 Å². The van der Waals surface area contributed by atoms with Crippen molar-refractivity contribution >= 4 is 10.9 Å². The number of rotatable bonds is 0. The number of aromatic nitrogens is 4. The van der Waals surface area contributed by atoms with E-state index in [0.717, 1.165) is 11.1 Å². The fourth-order valence-corrected chi connectivity index (χ4v) is 1.04. The Balaban J connectivity index is 3.05. The first kappa shape index (κ1) is 6.90. The molecule has 0 aliphatic rings. The second-order valence-corrected chi connectivity index (χ2v) is 2.43. The van der Waals surface area contributed by atoms with Crippen molar-refractivity contribution in [1.82, 2.24) is 20.4 Å². The van der Waals surface area contributed by atoms with Crippen molar-refractivity contribution in [2.45, 2.75) is 6.92 Å². The molecule has 0 spiro atoms. The average Bonchev–Trinajstić information content (AvgIpc) is 2.12. The van der Waals surface area contributed by atoms with Gasteiger partial charge in [0.1, 0.15) is 0 Å². The van der Waals surface area contributed by atoms with E-state index in [9.17, 15) is 4.79 Å². The van der Waals surface area contributed by atoms with Gasteiger partial charge in [0.25, 0.3) is 5.56 Å². The fourth-order valence-electron chi connectivity index (χ4n) is 1.04. The molecular formula is C7H6N4O. The van der Waals surface area contributed by atoms with Crippen LogP contribution in [0.3, 0.4) is 0 Å². The second-order valence-electron chi connectivity index (χ2n) is 2.43. The normalized spacial score (nSPS) is 10.4. The summed E-state index contributed by atoms with van der Waals surface area (Å²) in [6, 6.07) is 1.72. The molecule has 1 N–H and O–H groups in total. The Labute approximate surface area is 67.5 Å². The molecule has 2 heterocycles. The van der Waals surface area contributed by atoms with Gasteiger partial charge in [-0.2, -0.15) is 10.2 Å². The molecule has 0 atom stereocenters. The predicted molar refractivity (Wildman–Crippen MR) is 42.7 cm³/mol. The van der Waals surface area contributed by atoms with Crippen molar-refractivity contribution in [3.63, 3.8) is 0 Å². The van der Waals surface area contributed by atoms with E-state index in [1.165, 1.54) is 6.20 Å². The van der Waals surface area contributed by atoms with Gasteiger partial charge in [-0.1, -0.05) is 0 Å². The standard InChI is InChI=1S/C7H6N4O/c1-4-5-2-3-8-10-6(5)7(12)11-9-4/h2-3H,1H3,(H,11,12). The summed E-state index contributed by atoms with van der Waals surface area (Å²) in [5.41, 5.74) is 0.785. The van der Waals surface area contributed by atoms with Crippen molar-refractivity contribution in [3.05, 3.63) is 28.3 Å². The smallest absolute Gasteiger partial charge is 0.265 e. The van der Waals surface area contributed by atoms with Gasteiger partial charge in [0, 0.05) is 5.39 Å². The Morgan fingerprint density at radius 1 is 1.50 bits per heavy atom. The molecule has 0 saturated carbocycles. The topological polar surface area (TPSA) is 71.5 Å². The van der Waals surface area contributed by atoms with Crippen LogP contribution in [0.2, 0.25) is 0 Å². The number of H-pyrrole nitrogens is 1. The van der Waals surface area contributed by atoms with Crippen LogP contribution in [0.5, 0.6) is 0 Å². The van der Waals surface area contributed by atoms with Gasteiger partial charge in [-0.25, -0.2) is 5.10 Å². The first-order valence-electron chi connectivity index (χ1n) is 3.46. The average molecular weight is 162 g/mol. The lowest BCUT2D eigenvalue weighted by Crippen LogP contribution is -2.11. The maximum absolute atomic E-state index is 11.1. The quantitative estimate of drug-likeness (QED) is 0.592. The highest BCUT2D eigenvalue weighted by atomic mass is 16.1. The highest BCUT2D eigenvalue weighted by Gasteiger charge is 2.02. The van der Waals surface area contributed by atoms with Crippen LogP contribution in [0.4, 0.5) is 0 Å². The number of hydrogen-bond acceptors (Lipinski definition) is 4. The summed E-state index contributed by atoms with van der Waals surface area (Å²) < 4.78 is 0. The van der Waals surface area contributed by atoms with E-state index in [-0.39, 0.29) is 5.56 Å². The zero-order valence-electron chi connectivity index (χ0n) is 6.40. The van der Waals surface area contributed by atoms with Gasteiger partial charge in [0.15, 0.2) is 5.52 Å². The van der Waals surface area contributed by atoms with Gasteiger partial charge >= 0.3 is 0 Å². The molecule has 0 aliphatic heterocycles. The van der Waals surface area contributed by atoms with Crippen LogP contribution in [0.1, 0.15) is 5.69 Å². The van der Waals surface area contributed by atoms with Gasteiger partial charge in [-0.15, -0.1) is 5.10 Å². The summed E-state index contributed by atoms with van der Waals surface area (Å²) in [4.78, 5) is 11.1. The van der Waals surface area contributed by atoms with Crippen molar-refractivity contribution in [3.8, 4) is 0 Å². The molecular weight excluding hydrogens is 156 g/mol. The molecule has 0 amide bonds. The highest BCUT2D eigenvalue weighted by Crippen LogP contribution is 2.05. The van der Waals surface area contributed by atoms with Crippen LogP contribution in [-0.2, 0) is 0 Å². The summed E-state index contributed by atoms with van der Waals surface area (Å²) in [7, 11) is 0. The molecule has 5 nitrogen and oxygen atoms in total. The molecule has 0 radical (unpaired) electrons. The van der Waals surface area contributed by atoms with E-state index < -0.39 is 0 Å². The van der Waals surface area contributed by atoms with Crippen molar-refractivity contribution in [2.75, 3.05) is 0 Å². The molecule has 2 aromatic rings. The minimum absolute atomic E-state index is 0.302. The van der Waals surface area contributed by atoms with Gasteiger partial charge in [0.05, 0.1) is 11.9 Å². The van der Waals surface area contributed by atoms with Crippen LogP contribution in [0.25, 0.3) is 10.9 Å². The van der Waals surface area contributed by atoms with Gasteiger partial charge in [-0.3, -0.25) is 4.79 Å². The van der Waals surface area contributed by atoms with Crippen LogP contribution in [0.15, 0.2) is 17.1 Å². The Morgan fingerprint density at radius 3 is 3.08 bits per heavy atom. The Hall–Kier alpha value is -1.78. The van der Waals surface area contributed by atoms with Crippen LogP contribution < -0.4 is 5.56 Å². The molecule has 0 aromatic carbocycles. The van der Waals surface area contributed by atoms with Crippen molar-refractivity contribution in [2.24, 2.45) is 0 Å². The zero-order valence-corrected chi connectivity index (χ0v) is 6.40. The third kappa shape index (κ3) is 0.868. The van der Waals surface area contributed by atoms with E-state index in [1.807, 2.05) is 0 Å². The summed E-state index contributed by atoms with van der Waals surface area (Å²) in [6.07, 6.45) is 1.54. The van der Waals surface area contributed by atoms with Crippen molar-refractivity contribution < 1.29 is 0 Å². The molecule has 5 heteroatoms. The molecule has 2 aromatic heterocycles. The summed E-state index contributed by atoms with van der Waals surface area (Å²) in [5, 5.41) is 14.2. The maximum atomic E-state index is 11.1. The lowest BCUT2D eigenvalue weighted by molar-refractivity contribution is 0.947. The Bertz CT molecular complexity index is 476. The zero-order chi connectivity index (χ0) is 8.55. The van der Waals surface area contributed by atoms with E-state index in [0.29, 0.717) is 5.52 Å². The minimum Gasteiger partial charge on any atom is -0.265 e. The Morgan fingerprint density at radius 2 is 2.33 bits per heavy atom. The predicted octanol–water partition coefficient (Wildman–Crippen LogP) is 0.0215. The number of nitrogens with zero attached hydrogens (tertiary/aromatic N) is 3. The minimum atomic E-state index is -0.302. The molecule has 0 fully saturated rings. The summed E-state index contributed by atoms with van der Waals surface area (Å²) in [6.45, 7) is 1.81. The lowest BCUT2D eigenvalue weighted by atomic mass is 10.2. The molecule has 60 valence electrons. The molecule has 12 heavy (non-hydrogen) atoms. The second kappa shape index (κ2) is 2.37. The molecule has 0 unspecified atom stereocenters. The maximum Gasteiger partial charge on any atom is 0.292 e. The molecule has 0 aliphatic carbocycles. The first-order chi connectivity index (χ1) is 5.79. The van der Waals surface area contributed by atoms with Gasteiger partial charge in [0.2, 0.25) is 0 Å². The van der Waals surface area contributed by atoms with Crippen LogP contribution in [0, 0.1) is 6.92 Å². The van der Waals surface area contributed by atoms with Crippen LogP contribution >= 0.6 is 0 Å². The third-order valence-electron chi connectivity index (χ3n) is 1.65.